The molecule has 0 fully saturated rings. The second kappa shape index (κ2) is 4.74. The second-order valence-corrected chi connectivity index (χ2v) is 3.46. The molecule has 0 unspecified atom stereocenters. The number of rotatable bonds is 3. The molecule has 0 aliphatic heterocycles. The molecule has 0 aliphatic carbocycles. The zero-order valence-electron chi connectivity index (χ0n) is 9.05. The predicted octanol–water partition coefficient (Wildman–Crippen LogP) is 0.206. The largest absolute Gasteiger partial charge is 0.273 e. The van der Waals surface area contributed by atoms with Gasteiger partial charge in [0, 0.05) is 0 Å². The maximum Gasteiger partial charge on any atom is 0.247 e. The molecular weight excluding hydrogens is 218 g/mol. The van der Waals surface area contributed by atoms with E-state index in [0.717, 1.165) is 0 Å². The van der Waals surface area contributed by atoms with Gasteiger partial charge in [0.15, 0.2) is 0 Å². The Hall–Kier alpha value is -2.23. The maximum absolute atomic E-state index is 11.9. The fraction of sp³-hybridized carbons (Fsp3) is 0.182. The SMILES string of the molecule is N#CCc1nc2ccccc2n1C(=O)CNN. The van der Waals surface area contributed by atoms with E-state index in [1.807, 2.05) is 18.2 Å². The lowest BCUT2D eigenvalue weighted by atomic mass is 10.3. The quantitative estimate of drug-likeness (QED) is 0.579. The van der Waals surface area contributed by atoms with Gasteiger partial charge in [-0.1, -0.05) is 12.1 Å². The van der Waals surface area contributed by atoms with E-state index in [9.17, 15) is 4.79 Å². The first-order valence-electron chi connectivity index (χ1n) is 5.08. The van der Waals surface area contributed by atoms with Crippen molar-refractivity contribution >= 4 is 16.9 Å². The molecule has 6 heteroatoms. The number of hydrogen-bond donors (Lipinski definition) is 2. The first-order valence-corrected chi connectivity index (χ1v) is 5.08. The summed E-state index contributed by atoms with van der Waals surface area (Å²) < 4.78 is 1.43. The van der Waals surface area contributed by atoms with Crippen molar-refractivity contribution in [3.8, 4) is 6.07 Å². The van der Waals surface area contributed by atoms with Gasteiger partial charge in [-0.05, 0) is 12.1 Å². The average Bonchev–Trinajstić information content (AvgIpc) is 2.67. The predicted molar refractivity (Wildman–Crippen MR) is 61.9 cm³/mol. The van der Waals surface area contributed by atoms with Gasteiger partial charge in [-0.25, -0.2) is 4.98 Å². The molecule has 86 valence electrons. The summed E-state index contributed by atoms with van der Waals surface area (Å²) in [6, 6.07) is 9.24. The number of nitrogens with zero attached hydrogens (tertiary/aromatic N) is 3. The average molecular weight is 229 g/mol. The van der Waals surface area contributed by atoms with Crippen LogP contribution < -0.4 is 11.3 Å². The summed E-state index contributed by atoms with van der Waals surface area (Å²) >= 11 is 0. The van der Waals surface area contributed by atoms with Gasteiger partial charge >= 0.3 is 0 Å². The molecule has 2 aromatic rings. The van der Waals surface area contributed by atoms with Crippen molar-refractivity contribution in [2.45, 2.75) is 6.42 Å². The molecule has 0 amide bonds. The summed E-state index contributed by atoms with van der Waals surface area (Å²) in [6.45, 7) is -0.00121. The highest BCUT2D eigenvalue weighted by Gasteiger charge is 2.15. The first-order chi connectivity index (χ1) is 8.27. The van der Waals surface area contributed by atoms with Crippen LogP contribution in [0.5, 0.6) is 0 Å². The Morgan fingerprint density at radius 3 is 3.00 bits per heavy atom. The van der Waals surface area contributed by atoms with E-state index in [0.29, 0.717) is 16.9 Å². The number of nitrogens with one attached hydrogen (secondary N) is 1. The van der Waals surface area contributed by atoms with Gasteiger partial charge in [0.2, 0.25) is 5.91 Å². The Kier molecular flexibility index (Phi) is 3.14. The summed E-state index contributed by atoms with van der Waals surface area (Å²) in [6.07, 6.45) is 0.0883. The molecule has 0 saturated carbocycles. The number of fused-ring (bicyclic) bond motifs is 1. The third kappa shape index (κ3) is 2.01. The summed E-state index contributed by atoms with van der Waals surface area (Å²) in [5.41, 5.74) is 3.70. The van der Waals surface area contributed by atoms with Crippen molar-refractivity contribution in [3.05, 3.63) is 30.1 Å². The van der Waals surface area contributed by atoms with E-state index in [4.69, 9.17) is 11.1 Å². The zero-order valence-corrected chi connectivity index (χ0v) is 9.05. The van der Waals surface area contributed by atoms with Crippen molar-refractivity contribution in [1.82, 2.24) is 15.0 Å². The van der Waals surface area contributed by atoms with Gasteiger partial charge in [-0.2, -0.15) is 5.26 Å². The van der Waals surface area contributed by atoms with E-state index in [1.165, 1.54) is 4.57 Å². The Labute approximate surface area is 97.6 Å². The number of benzene rings is 1. The number of para-hydroxylation sites is 2. The number of nitrogens with two attached hydrogens (primary N) is 1. The molecule has 2 rings (SSSR count). The number of hydrogen-bond acceptors (Lipinski definition) is 5. The molecule has 0 atom stereocenters. The molecular formula is C11H11N5O. The lowest BCUT2D eigenvalue weighted by Crippen LogP contribution is -2.32. The second-order valence-electron chi connectivity index (χ2n) is 3.46. The number of carbonyl (C=O) groups excluding carboxylic acids is 1. The van der Waals surface area contributed by atoms with E-state index in [1.54, 1.807) is 12.1 Å². The topological polar surface area (TPSA) is 96.7 Å². The molecule has 17 heavy (non-hydrogen) atoms. The smallest absolute Gasteiger partial charge is 0.247 e. The van der Waals surface area contributed by atoms with E-state index < -0.39 is 0 Å². The summed E-state index contributed by atoms with van der Waals surface area (Å²) in [5, 5.41) is 8.73. The van der Waals surface area contributed by atoms with E-state index >= 15 is 0 Å². The van der Waals surface area contributed by atoms with Gasteiger partial charge in [0.1, 0.15) is 5.82 Å². The van der Waals surface area contributed by atoms with Gasteiger partial charge < -0.3 is 0 Å². The lowest BCUT2D eigenvalue weighted by molar-refractivity contribution is 0.0914. The minimum absolute atomic E-state index is 0.00121. The van der Waals surface area contributed by atoms with Crippen molar-refractivity contribution < 1.29 is 4.79 Å². The Bertz CT molecular complexity index is 595. The van der Waals surface area contributed by atoms with Gasteiger partial charge in [-0.15, -0.1) is 0 Å². The highest BCUT2D eigenvalue weighted by Crippen LogP contribution is 2.15. The molecule has 3 N–H and O–H groups in total. The summed E-state index contributed by atoms with van der Waals surface area (Å²) in [5.74, 6) is 5.34. The molecule has 1 aromatic carbocycles. The molecule has 1 aromatic heterocycles. The van der Waals surface area contributed by atoms with Crippen LogP contribution >= 0.6 is 0 Å². The van der Waals surface area contributed by atoms with E-state index in [-0.39, 0.29) is 18.9 Å². The van der Waals surface area contributed by atoms with Crippen LogP contribution in [-0.2, 0) is 6.42 Å². The van der Waals surface area contributed by atoms with Gasteiger partial charge in [0.05, 0.1) is 30.1 Å². The van der Waals surface area contributed by atoms with Crippen LogP contribution in [0.25, 0.3) is 11.0 Å². The highest BCUT2D eigenvalue weighted by atomic mass is 16.2. The standard InChI is InChI=1S/C11H11N5O/c12-6-5-10-15-8-3-1-2-4-9(8)16(10)11(17)7-14-13/h1-4,14H,5,7,13H2. The zero-order chi connectivity index (χ0) is 12.3. The lowest BCUT2D eigenvalue weighted by Gasteiger charge is -2.04. The van der Waals surface area contributed by atoms with E-state index in [2.05, 4.69) is 10.4 Å². The van der Waals surface area contributed by atoms with Crippen LogP contribution in [0.15, 0.2) is 24.3 Å². The Balaban J connectivity index is 2.60. The van der Waals surface area contributed by atoms with Gasteiger partial charge in [-0.3, -0.25) is 20.6 Å². The van der Waals surface area contributed by atoms with Crippen molar-refractivity contribution in [2.75, 3.05) is 6.54 Å². The molecule has 6 nitrogen and oxygen atoms in total. The van der Waals surface area contributed by atoms with Crippen LogP contribution in [0.1, 0.15) is 10.6 Å². The monoisotopic (exact) mass is 229 g/mol. The highest BCUT2D eigenvalue weighted by molar-refractivity contribution is 5.92. The summed E-state index contributed by atoms with van der Waals surface area (Å²) in [7, 11) is 0. The molecule has 0 spiro atoms. The van der Waals surface area contributed by atoms with Crippen LogP contribution in [0.4, 0.5) is 0 Å². The number of carbonyl (C=O) groups is 1. The van der Waals surface area contributed by atoms with Crippen LogP contribution in [0.3, 0.4) is 0 Å². The number of imidazole rings is 1. The fourth-order valence-corrected chi connectivity index (χ4v) is 1.71. The maximum atomic E-state index is 11.9. The molecule has 1 heterocycles. The van der Waals surface area contributed by atoms with Crippen LogP contribution in [-0.4, -0.2) is 22.0 Å². The van der Waals surface area contributed by atoms with Crippen molar-refractivity contribution in [1.29, 1.82) is 5.26 Å². The minimum Gasteiger partial charge on any atom is -0.273 e. The number of nitriles is 1. The minimum atomic E-state index is -0.230. The fourth-order valence-electron chi connectivity index (χ4n) is 1.71. The molecule has 0 radical (unpaired) electrons. The number of hydrazine groups is 1. The third-order valence-electron chi connectivity index (χ3n) is 2.37. The van der Waals surface area contributed by atoms with Crippen LogP contribution in [0.2, 0.25) is 0 Å². The molecule has 0 bridgehead atoms. The van der Waals surface area contributed by atoms with Crippen LogP contribution in [0, 0.1) is 11.3 Å². The molecule has 0 aliphatic rings. The van der Waals surface area contributed by atoms with Gasteiger partial charge in [0.25, 0.3) is 0 Å². The third-order valence-corrected chi connectivity index (χ3v) is 2.37. The Morgan fingerprint density at radius 2 is 2.29 bits per heavy atom. The summed E-state index contributed by atoms with van der Waals surface area (Å²) in [4.78, 5) is 16.1. The first kappa shape index (κ1) is 11.3. The van der Waals surface area contributed by atoms with Crippen molar-refractivity contribution in [2.24, 2.45) is 5.84 Å². The Morgan fingerprint density at radius 1 is 1.53 bits per heavy atom. The van der Waals surface area contributed by atoms with Crippen molar-refractivity contribution in [3.63, 3.8) is 0 Å². The normalized spacial score (nSPS) is 10.4. The molecule has 0 saturated heterocycles. The number of aromatic nitrogens is 2.